The standard InChI is InChI=1S/C15H20N2O4/c1-2-11-5-3-4-6-13(11)16-15(20)17-7-8-21-10-12(17)9-14(18)19/h3-6,12H,2,7-10H2,1H3,(H,16,20)(H,18,19). The van der Waals surface area contributed by atoms with Crippen LogP contribution >= 0.6 is 0 Å². The number of carboxylic acids is 1. The molecular weight excluding hydrogens is 272 g/mol. The summed E-state index contributed by atoms with van der Waals surface area (Å²) in [4.78, 5) is 24.8. The zero-order valence-electron chi connectivity index (χ0n) is 12.0. The first-order valence-electron chi connectivity index (χ1n) is 7.07. The van der Waals surface area contributed by atoms with E-state index in [-0.39, 0.29) is 19.1 Å². The first kappa shape index (κ1) is 15.3. The lowest BCUT2D eigenvalue weighted by Gasteiger charge is -2.34. The highest BCUT2D eigenvalue weighted by molar-refractivity contribution is 5.90. The third-order valence-electron chi connectivity index (χ3n) is 3.54. The highest BCUT2D eigenvalue weighted by atomic mass is 16.5. The van der Waals surface area contributed by atoms with Crippen molar-refractivity contribution < 1.29 is 19.4 Å². The van der Waals surface area contributed by atoms with Gasteiger partial charge >= 0.3 is 12.0 Å². The van der Waals surface area contributed by atoms with Crippen LogP contribution in [-0.2, 0) is 16.0 Å². The molecule has 1 aromatic rings. The van der Waals surface area contributed by atoms with Gasteiger partial charge in [0.2, 0.25) is 0 Å². The summed E-state index contributed by atoms with van der Waals surface area (Å²) in [6.07, 6.45) is 0.709. The third-order valence-corrected chi connectivity index (χ3v) is 3.54. The van der Waals surface area contributed by atoms with Crippen molar-refractivity contribution in [3.05, 3.63) is 29.8 Å². The van der Waals surface area contributed by atoms with Crippen LogP contribution in [0.3, 0.4) is 0 Å². The van der Waals surface area contributed by atoms with Gasteiger partial charge in [0.25, 0.3) is 0 Å². The minimum absolute atomic E-state index is 0.108. The van der Waals surface area contributed by atoms with Crippen LogP contribution in [-0.4, -0.2) is 47.8 Å². The molecule has 1 saturated heterocycles. The molecule has 1 unspecified atom stereocenters. The van der Waals surface area contributed by atoms with Crippen molar-refractivity contribution in [1.29, 1.82) is 0 Å². The SMILES string of the molecule is CCc1ccccc1NC(=O)N1CCOCC1CC(=O)O. The quantitative estimate of drug-likeness (QED) is 0.889. The first-order chi connectivity index (χ1) is 10.1. The summed E-state index contributed by atoms with van der Waals surface area (Å²) in [6, 6.07) is 6.90. The number of aliphatic carboxylic acids is 1. The predicted molar refractivity (Wildman–Crippen MR) is 78.4 cm³/mol. The summed E-state index contributed by atoms with van der Waals surface area (Å²) >= 11 is 0. The van der Waals surface area contributed by atoms with Gasteiger partial charge in [-0.25, -0.2) is 4.79 Å². The van der Waals surface area contributed by atoms with Crippen molar-refractivity contribution >= 4 is 17.7 Å². The Morgan fingerprint density at radius 2 is 2.19 bits per heavy atom. The molecule has 114 valence electrons. The van der Waals surface area contributed by atoms with E-state index < -0.39 is 12.0 Å². The van der Waals surface area contributed by atoms with Crippen LogP contribution < -0.4 is 5.32 Å². The Labute approximate surface area is 123 Å². The van der Waals surface area contributed by atoms with Gasteiger partial charge in [-0.05, 0) is 18.1 Å². The van der Waals surface area contributed by atoms with E-state index in [1.54, 1.807) is 4.90 Å². The Bertz CT molecular complexity index is 518. The number of urea groups is 1. The molecule has 0 aromatic heterocycles. The number of amides is 2. The smallest absolute Gasteiger partial charge is 0.322 e. The van der Waals surface area contributed by atoms with E-state index in [1.807, 2.05) is 31.2 Å². The monoisotopic (exact) mass is 292 g/mol. The first-order valence-corrected chi connectivity index (χ1v) is 7.07. The van der Waals surface area contributed by atoms with Crippen LogP contribution in [0.4, 0.5) is 10.5 Å². The summed E-state index contributed by atoms with van der Waals surface area (Å²) in [5.41, 5.74) is 1.82. The molecule has 1 aliphatic heterocycles. The van der Waals surface area contributed by atoms with E-state index in [2.05, 4.69) is 5.32 Å². The molecule has 0 aliphatic carbocycles. The van der Waals surface area contributed by atoms with Gasteiger partial charge in [0.15, 0.2) is 0 Å². The van der Waals surface area contributed by atoms with Gasteiger partial charge in [0, 0.05) is 12.2 Å². The Hall–Kier alpha value is -2.08. The molecule has 0 radical (unpaired) electrons. The van der Waals surface area contributed by atoms with Gasteiger partial charge in [0.05, 0.1) is 25.7 Å². The lowest BCUT2D eigenvalue weighted by Crippen LogP contribution is -2.51. The molecule has 1 atom stereocenters. The molecule has 21 heavy (non-hydrogen) atoms. The van der Waals surface area contributed by atoms with Gasteiger partial charge in [0.1, 0.15) is 0 Å². The van der Waals surface area contributed by atoms with Crippen molar-refractivity contribution in [2.45, 2.75) is 25.8 Å². The predicted octanol–water partition coefficient (Wildman–Crippen LogP) is 1.96. The number of carbonyl (C=O) groups excluding carboxylic acids is 1. The zero-order valence-corrected chi connectivity index (χ0v) is 12.0. The minimum atomic E-state index is -0.933. The molecule has 2 N–H and O–H groups in total. The summed E-state index contributed by atoms with van der Waals surface area (Å²) in [7, 11) is 0. The molecule has 2 rings (SSSR count). The Balaban J connectivity index is 2.08. The highest BCUT2D eigenvalue weighted by Crippen LogP contribution is 2.18. The lowest BCUT2D eigenvalue weighted by molar-refractivity contribution is -0.139. The van der Waals surface area contributed by atoms with E-state index in [9.17, 15) is 9.59 Å². The summed E-state index contributed by atoms with van der Waals surface area (Å²) in [5.74, 6) is -0.933. The number of carboxylic acid groups (broad SMARTS) is 1. The van der Waals surface area contributed by atoms with Gasteiger partial charge in [-0.2, -0.15) is 0 Å². The van der Waals surface area contributed by atoms with E-state index in [0.29, 0.717) is 13.2 Å². The highest BCUT2D eigenvalue weighted by Gasteiger charge is 2.29. The number of nitrogens with zero attached hydrogens (tertiary/aromatic N) is 1. The largest absolute Gasteiger partial charge is 0.481 e. The maximum absolute atomic E-state index is 12.4. The fourth-order valence-electron chi connectivity index (χ4n) is 2.43. The van der Waals surface area contributed by atoms with Crippen LogP contribution in [0.15, 0.2) is 24.3 Å². The van der Waals surface area contributed by atoms with Crippen molar-refractivity contribution in [2.24, 2.45) is 0 Å². The number of rotatable bonds is 4. The van der Waals surface area contributed by atoms with Gasteiger partial charge in [-0.3, -0.25) is 4.79 Å². The Morgan fingerprint density at radius 1 is 1.43 bits per heavy atom. The van der Waals surface area contributed by atoms with Gasteiger partial charge < -0.3 is 20.1 Å². The lowest BCUT2D eigenvalue weighted by atomic mass is 10.1. The van der Waals surface area contributed by atoms with E-state index >= 15 is 0 Å². The number of benzene rings is 1. The molecule has 0 saturated carbocycles. The van der Waals surface area contributed by atoms with E-state index in [1.165, 1.54) is 0 Å². The van der Waals surface area contributed by atoms with Crippen molar-refractivity contribution in [3.63, 3.8) is 0 Å². The van der Waals surface area contributed by atoms with Gasteiger partial charge in [-0.1, -0.05) is 25.1 Å². The number of aryl methyl sites for hydroxylation is 1. The second kappa shape index (κ2) is 7.08. The minimum Gasteiger partial charge on any atom is -0.481 e. The van der Waals surface area contributed by atoms with Crippen molar-refractivity contribution in [2.75, 3.05) is 25.1 Å². The molecule has 0 bridgehead atoms. The van der Waals surface area contributed by atoms with E-state index in [4.69, 9.17) is 9.84 Å². The average Bonchev–Trinajstić information content (AvgIpc) is 2.47. The van der Waals surface area contributed by atoms with E-state index in [0.717, 1.165) is 17.7 Å². The number of ether oxygens (including phenoxy) is 1. The number of nitrogens with one attached hydrogen (secondary N) is 1. The number of morpholine rings is 1. The van der Waals surface area contributed by atoms with Crippen LogP contribution in [0, 0.1) is 0 Å². The molecule has 0 spiro atoms. The summed E-state index contributed by atoms with van der Waals surface area (Å²) < 4.78 is 5.27. The van der Waals surface area contributed by atoms with Crippen LogP contribution in [0.25, 0.3) is 0 Å². The maximum atomic E-state index is 12.4. The molecule has 6 nitrogen and oxygen atoms in total. The summed E-state index contributed by atoms with van der Waals surface area (Å²) in [6.45, 7) is 3.11. The van der Waals surface area contributed by atoms with Crippen LogP contribution in [0.2, 0.25) is 0 Å². The molecular formula is C15H20N2O4. The molecule has 1 fully saturated rings. The molecule has 1 aliphatic rings. The fourth-order valence-corrected chi connectivity index (χ4v) is 2.43. The zero-order chi connectivity index (χ0) is 15.2. The Morgan fingerprint density at radius 3 is 2.90 bits per heavy atom. The Kier molecular flexibility index (Phi) is 5.16. The second-order valence-corrected chi connectivity index (χ2v) is 4.96. The maximum Gasteiger partial charge on any atom is 0.322 e. The van der Waals surface area contributed by atoms with Crippen LogP contribution in [0.5, 0.6) is 0 Å². The van der Waals surface area contributed by atoms with Crippen molar-refractivity contribution in [1.82, 2.24) is 4.90 Å². The summed E-state index contributed by atoms with van der Waals surface area (Å²) in [5, 5.41) is 11.8. The molecule has 6 heteroatoms. The number of hydrogen-bond donors (Lipinski definition) is 2. The molecule has 1 heterocycles. The molecule has 2 amide bonds. The number of carbonyl (C=O) groups is 2. The average molecular weight is 292 g/mol. The molecule has 1 aromatic carbocycles. The number of anilines is 1. The normalized spacial score (nSPS) is 18.3. The van der Waals surface area contributed by atoms with Crippen molar-refractivity contribution in [3.8, 4) is 0 Å². The van der Waals surface area contributed by atoms with Gasteiger partial charge in [-0.15, -0.1) is 0 Å². The number of hydrogen-bond acceptors (Lipinski definition) is 3. The second-order valence-electron chi connectivity index (χ2n) is 4.96. The third kappa shape index (κ3) is 3.95. The van der Waals surface area contributed by atoms with Crippen LogP contribution in [0.1, 0.15) is 18.9 Å². The fraction of sp³-hybridized carbons (Fsp3) is 0.467. The number of para-hydroxylation sites is 1. The topological polar surface area (TPSA) is 78.9 Å².